The summed E-state index contributed by atoms with van der Waals surface area (Å²) in [6, 6.07) is 8.33. The molecule has 1 aliphatic rings. The fourth-order valence-corrected chi connectivity index (χ4v) is 1.87. The number of rotatable bonds is 3. The highest BCUT2D eigenvalue weighted by atomic mass is 19.1. The maximum atomic E-state index is 13.2. The summed E-state index contributed by atoms with van der Waals surface area (Å²) in [5, 5.41) is 16.6. The predicted molar refractivity (Wildman–Crippen MR) is 69.3 cm³/mol. The second-order valence-corrected chi connectivity index (χ2v) is 4.53. The number of nitriles is 1. The van der Waals surface area contributed by atoms with Gasteiger partial charge in [-0.15, -0.1) is 5.10 Å². The Morgan fingerprint density at radius 2 is 2.26 bits per heavy atom. The first-order valence-corrected chi connectivity index (χ1v) is 6.00. The van der Waals surface area contributed by atoms with Gasteiger partial charge in [0.2, 0.25) is 0 Å². The minimum atomic E-state index is -0.373. The van der Waals surface area contributed by atoms with Crippen LogP contribution in [0.5, 0.6) is 0 Å². The Labute approximate surface area is 109 Å². The van der Waals surface area contributed by atoms with Gasteiger partial charge in [0, 0.05) is 6.04 Å². The lowest BCUT2D eigenvalue weighted by Gasteiger charge is -2.03. The highest BCUT2D eigenvalue weighted by Crippen LogP contribution is 2.29. The molecule has 96 valence electrons. The normalized spacial score (nSPS) is 14.1. The molecule has 6 heteroatoms. The number of aromatic nitrogens is 2. The second-order valence-electron chi connectivity index (χ2n) is 4.53. The number of anilines is 2. The molecule has 0 spiro atoms. The van der Waals surface area contributed by atoms with Crippen LogP contribution < -0.4 is 11.1 Å². The number of nitrogens with zero attached hydrogens (tertiary/aromatic N) is 3. The average Bonchev–Trinajstić information content (AvgIpc) is 3.14. The summed E-state index contributed by atoms with van der Waals surface area (Å²) in [4.78, 5) is 0. The molecule has 0 bridgehead atoms. The van der Waals surface area contributed by atoms with E-state index >= 15 is 0 Å². The standard InChI is InChI=1S/C13H12FN5/c14-8-2-1-3-10(6-8)19-12(16)11(7-15)13(18-19)17-9-4-5-9/h1-3,6,9H,4-5,16H2,(H,17,18). The van der Waals surface area contributed by atoms with Gasteiger partial charge in [-0.25, -0.2) is 9.07 Å². The van der Waals surface area contributed by atoms with E-state index in [0.29, 0.717) is 23.1 Å². The van der Waals surface area contributed by atoms with Crippen molar-refractivity contribution in [2.45, 2.75) is 18.9 Å². The summed E-state index contributed by atoms with van der Waals surface area (Å²) in [6.45, 7) is 0. The van der Waals surface area contributed by atoms with Crippen LogP contribution in [-0.4, -0.2) is 15.8 Å². The fraction of sp³-hybridized carbons (Fsp3) is 0.231. The van der Waals surface area contributed by atoms with E-state index in [1.54, 1.807) is 12.1 Å². The van der Waals surface area contributed by atoms with E-state index in [-0.39, 0.29) is 11.6 Å². The van der Waals surface area contributed by atoms with Gasteiger partial charge in [0.05, 0.1) is 5.69 Å². The number of nitrogens with one attached hydrogen (secondary N) is 1. The molecule has 0 amide bonds. The summed E-state index contributed by atoms with van der Waals surface area (Å²) in [5.41, 5.74) is 6.71. The van der Waals surface area contributed by atoms with Gasteiger partial charge in [0.25, 0.3) is 0 Å². The Balaban J connectivity index is 2.06. The van der Waals surface area contributed by atoms with Gasteiger partial charge in [-0.1, -0.05) is 6.07 Å². The Morgan fingerprint density at radius 3 is 2.89 bits per heavy atom. The quantitative estimate of drug-likeness (QED) is 0.881. The molecule has 0 saturated heterocycles. The van der Waals surface area contributed by atoms with Crippen molar-refractivity contribution < 1.29 is 4.39 Å². The number of benzene rings is 1. The Bertz CT molecular complexity index is 666. The third kappa shape index (κ3) is 2.10. The molecule has 1 heterocycles. The molecule has 1 aliphatic carbocycles. The molecule has 1 aromatic heterocycles. The van der Waals surface area contributed by atoms with Crippen molar-refractivity contribution in [3.8, 4) is 11.8 Å². The zero-order valence-electron chi connectivity index (χ0n) is 10.1. The molecule has 5 nitrogen and oxygen atoms in total. The van der Waals surface area contributed by atoms with Gasteiger partial charge < -0.3 is 11.1 Å². The monoisotopic (exact) mass is 257 g/mol. The van der Waals surface area contributed by atoms with Crippen LogP contribution in [0.2, 0.25) is 0 Å². The molecule has 3 rings (SSSR count). The van der Waals surface area contributed by atoms with Crippen LogP contribution in [0.4, 0.5) is 16.0 Å². The first-order chi connectivity index (χ1) is 9.19. The van der Waals surface area contributed by atoms with Crippen LogP contribution in [0.15, 0.2) is 24.3 Å². The third-order valence-corrected chi connectivity index (χ3v) is 3.00. The van der Waals surface area contributed by atoms with E-state index in [4.69, 9.17) is 11.0 Å². The van der Waals surface area contributed by atoms with Crippen molar-refractivity contribution in [1.82, 2.24) is 9.78 Å². The van der Waals surface area contributed by atoms with E-state index < -0.39 is 0 Å². The average molecular weight is 257 g/mol. The number of nitrogen functional groups attached to an aromatic ring is 1. The molecule has 0 aliphatic heterocycles. The number of hydrogen-bond acceptors (Lipinski definition) is 4. The summed E-state index contributed by atoms with van der Waals surface area (Å²) in [7, 11) is 0. The van der Waals surface area contributed by atoms with Crippen LogP contribution >= 0.6 is 0 Å². The summed E-state index contributed by atoms with van der Waals surface area (Å²) in [5.74, 6) is 0.311. The van der Waals surface area contributed by atoms with Gasteiger partial charge in [-0.2, -0.15) is 5.26 Å². The van der Waals surface area contributed by atoms with Gasteiger partial charge >= 0.3 is 0 Å². The number of nitrogens with two attached hydrogens (primary N) is 1. The topological polar surface area (TPSA) is 79.7 Å². The molecule has 0 radical (unpaired) electrons. The number of hydrogen-bond donors (Lipinski definition) is 2. The summed E-state index contributed by atoms with van der Waals surface area (Å²) in [6.07, 6.45) is 2.13. The van der Waals surface area contributed by atoms with Gasteiger partial charge in [0.15, 0.2) is 5.82 Å². The summed E-state index contributed by atoms with van der Waals surface area (Å²) >= 11 is 0. The molecule has 19 heavy (non-hydrogen) atoms. The van der Waals surface area contributed by atoms with Crippen LogP contribution in [0, 0.1) is 17.1 Å². The van der Waals surface area contributed by atoms with E-state index in [0.717, 1.165) is 12.8 Å². The fourth-order valence-electron chi connectivity index (χ4n) is 1.87. The summed E-state index contributed by atoms with van der Waals surface area (Å²) < 4.78 is 14.6. The molecule has 1 saturated carbocycles. The molecular formula is C13H12FN5. The Kier molecular flexibility index (Phi) is 2.60. The first kappa shape index (κ1) is 11.5. The van der Waals surface area contributed by atoms with Crippen LogP contribution in [0.1, 0.15) is 18.4 Å². The predicted octanol–water partition coefficient (Wildman–Crippen LogP) is 2.04. The minimum Gasteiger partial charge on any atom is -0.382 e. The molecule has 3 N–H and O–H groups in total. The van der Waals surface area contributed by atoms with Crippen molar-refractivity contribution in [1.29, 1.82) is 5.26 Å². The van der Waals surface area contributed by atoms with E-state index in [2.05, 4.69) is 10.4 Å². The minimum absolute atomic E-state index is 0.219. The maximum absolute atomic E-state index is 13.2. The van der Waals surface area contributed by atoms with E-state index in [1.165, 1.54) is 16.8 Å². The lowest BCUT2D eigenvalue weighted by atomic mass is 10.3. The van der Waals surface area contributed by atoms with Crippen molar-refractivity contribution in [2.75, 3.05) is 11.1 Å². The van der Waals surface area contributed by atoms with Gasteiger partial charge in [0.1, 0.15) is 23.3 Å². The zero-order valence-corrected chi connectivity index (χ0v) is 10.1. The molecule has 1 aromatic carbocycles. The molecular weight excluding hydrogens is 245 g/mol. The lowest BCUT2D eigenvalue weighted by molar-refractivity contribution is 0.625. The zero-order chi connectivity index (χ0) is 13.4. The largest absolute Gasteiger partial charge is 0.382 e. The molecule has 2 aromatic rings. The molecule has 0 atom stereocenters. The third-order valence-electron chi connectivity index (χ3n) is 3.00. The van der Waals surface area contributed by atoms with Crippen molar-refractivity contribution in [2.24, 2.45) is 0 Å². The lowest BCUT2D eigenvalue weighted by Crippen LogP contribution is -2.04. The molecule has 1 fully saturated rings. The Hall–Kier alpha value is -2.55. The van der Waals surface area contributed by atoms with Crippen LogP contribution in [0.25, 0.3) is 5.69 Å². The SMILES string of the molecule is N#Cc1c(NC2CC2)nn(-c2cccc(F)c2)c1N. The van der Waals surface area contributed by atoms with Crippen LogP contribution in [-0.2, 0) is 0 Å². The first-order valence-electron chi connectivity index (χ1n) is 6.00. The van der Waals surface area contributed by atoms with E-state index in [1.807, 2.05) is 6.07 Å². The van der Waals surface area contributed by atoms with Crippen molar-refractivity contribution in [3.63, 3.8) is 0 Å². The van der Waals surface area contributed by atoms with E-state index in [9.17, 15) is 4.39 Å². The van der Waals surface area contributed by atoms with Crippen molar-refractivity contribution >= 4 is 11.6 Å². The molecule has 0 unspecified atom stereocenters. The maximum Gasteiger partial charge on any atom is 0.168 e. The van der Waals surface area contributed by atoms with Crippen LogP contribution in [0.3, 0.4) is 0 Å². The highest BCUT2D eigenvalue weighted by Gasteiger charge is 2.25. The van der Waals surface area contributed by atoms with Gasteiger partial charge in [-0.05, 0) is 31.0 Å². The number of halogens is 1. The van der Waals surface area contributed by atoms with Gasteiger partial charge in [-0.3, -0.25) is 0 Å². The second kappa shape index (κ2) is 4.28. The highest BCUT2D eigenvalue weighted by molar-refractivity contribution is 5.66. The Morgan fingerprint density at radius 1 is 1.47 bits per heavy atom. The smallest absolute Gasteiger partial charge is 0.168 e. The van der Waals surface area contributed by atoms with Crippen molar-refractivity contribution in [3.05, 3.63) is 35.6 Å².